The van der Waals surface area contributed by atoms with Crippen molar-refractivity contribution in [1.29, 1.82) is 0 Å². The zero-order valence-electron chi connectivity index (χ0n) is 12.2. The Morgan fingerprint density at radius 1 is 1.29 bits per heavy atom. The first-order valence-corrected chi connectivity index (χ1v) is 8.23. The molecule has 0 aliphatic carbocycles. The summed E-state index contributed by atoms with van der Waals surface area (Å²) in [4.78, 5) is 0.175. The number of rotatable bonds is 6. The summed E-state index contributed by atoms with van der Waals surface area (Å²) in [6.07, 6.45) is 1.50. The maximum absolute atomic E-state index is 12.2. The molecule has 0 amide bonds. The van der Waals surface area contributed by atoms with Crippen molar-refractivity contribution in [3.8, 4) is 0 Å². The lowest BCUT2D eigenvalue weighted by Gasteiger charge is -2.12. The minimum absolute atomic E-state index is 0.0852. The first kappa shape index (κ1) is 15.8. The van der Waals surface area contributed by atoms with E-state index in [0.717, 1.165) is 5.56 Å². The second-order valence-corrected chi connectivity index (χ2v) is 6.87. The topological polar surface area (TPSA) is 71.3 Å². The van der Waals surface area contributed by atoms with Gasteiger partial charge >= 0.3 is 0 Å². The Morgan fingerprint density at radius 3 is 2.52 bits per heavy atom. The van der Waals surface area contributed by atoms with Gasteiger partial charge in [-0.25, -0.2) is 13.1 Å². The second-order valence-electron chi connectivity index (χ2n) is 5.10. The number of nitrogens with one attached hydrogen (secondary N) is 1. The molecule has 1 aromatic carbocycles. The van der Waals surface area contributed by atoms with Crippen LogP contribution in [0.25, 0.3) is 0 Å². The number of aliphatic hydroxyl groups excluding tert-OH is 1. The molecular weight excluding hydrogens is 288 g/mol. The van der Waals surface area contributed by atoms with Crippen LogP contribution in [0.15, 0.2) is 47.5 Å². The fraction of sp³-hybridized carbons (Fsp3) is 0.333. The smallest absolute Gasteiger partial charge is 0.242 e. The van der Waals surface area contributed by atoms with Crippen molar-refractivity contribution in [2.24, 2.45) is 7.05 Å². The van der Waals surface area contributed by atoms with Crippen LogP contribution in [-0.4, -0.2) is 24.6 Å². The maximum atomic E-state index is 12.2. The van der Waals surface area contributed by atoms with Gasteiger partial charge in [-0.1, -0.05) is 37.3 Å². The first-order chi connectivity index (χ1) is 9.94. The zero-order chi connectivity index (χ0) is 15.5. The lowest BCUT2D eigenvalue weighted by molar-refractivity contribution is 0.272. The second kappa shape index (κ2) is 6.43. The first-order valence-electron chi connectivity index (χ1n) is 6.74. The van der Waals surface area contributed by atoms with Crippen molar-refractivity contribution in [1.82, 2.24) is 9.29 Å². The summed E-state index contributed by atoms with van der Waals surface area (Å²) in [6.45, 7) is 2.12. The molecule has 0 saturated carbocycles. The van der Waals surface area contributed by atoms with Gasteiger partial charge in [0.25, 0.3) is 0 Å². The minimum atomic E-state index is -3.56. The van der Waals surface area contributed by atoms with Crippen LogP contribution in [0.2, 0.25) is 0 Å². The summed E-state index contributed by atoms with van der Waals surface area (Å²) < 4.78 is 28.7. The van der Waals surface area contributed by atoms with E-state index in [1.54, 1.807) is 11.6 Å². The highest BCUT2D eigenvalue weighted by Gasteiger charge is 2.18. The molecule has 6 heteroatoms. The van der Waals surface area contributed by atoms with E-state index < -0.39 is 10.0 Å². The molecule has 0 radical (unpaired) electrons. The lowest BCUT2D eigenvalue weighted by Crippen LogP contribution is -2.27. The molecule has 1 aromatic heterocycles. The molecule has 0 fully saturated rings. The Morgan fingerprint density at radius 2 is 1.95 bits per heavy atom. The van der Waals surface area contributed by atoms with Crippen molar-refractivity contribution < 1.29 is 13.5 Å². The third-order valence-corrected chi connectivity index (χ3v) is 4.89. The van der Waals surface area contributed by atoms with Crippen molar-refractivity contribution >= 4 is 10.0 Å². The number of aromatic nitrogens is 1. The van der Waals surface area contributed by atoms with Crippen LogP contribution in [0.1, 0.15) is 24.1 Å². The Hall–Kier alpha value is -1.63. The Bertz CT molecular complexity index is 693. The van der Waals surface area contributed by atoms with Crippen LogP contribution in [-0.2, 0) is 23.7 Å². The Kier molecular flexibility index (Phi) is 4.82. The molecule has 1 atom stereocenters. The minimum Gasteiger partial charge on any atom is -0.390 e. The number of hydrogen-bond donors (Lipinski definition) is 2. The number of hydrogen-bond acceptors (Lipinski definition) is 3. The Labute approximate surface area is 125 Å². The molecule has 21 heavy (non-hydrogen) atoms. The van der Waals surface area contributed by atoms with Crippen LogP contribution in [0.3, 0.4) is 0 Å². The molecule has 0 aliphatic rings. The van der Waals surface area contributed by atoms with Gasteiger partial charge in [0, 0.05) is 25.5 Å². The predicted molar refractivity (Wildman–Crippen MR) is 81.4 cm³/mol. The molecule has 2 rings (SSSR count). The average molecular weight is 308 g/mol. The zero-order valence-corrected chi connectivity index (χ0v) is 13.0. The van der Waals surface area contributed by atoms with Gasteiger partial charge in [0.05, 0.1) is 11.5 Å². The van der Waals surface area contributed by atoms with E-state index in [1.807, 2.05) is 37.3 Å². The van der Waals surface area contributed by atoms with E-state index in [0.29, 0.717) is 12.2 Å². The number of nitrogens with zero attached hydrogens (tertiary/aromatic N) is 1. The highest BCUT2D eigenvalue weighted by atomic mass is 32.2. The Balaban J connectivity index is 2.07. The summed E-state index contributed by atoms with van der Waals surface area (Å²) in [7, 11) is -1.85. The van der Waals surface area contributed by atoms with E-state index in [1.165, 1.54) is 12.3 Å². The molecule has 114 valence electrons. The highest BCUT2D eigenvalue weighted by Crippen LogP contribution is 2.16. The van der Waals surface area contributed by atoms with Gasteiger partial charge in [-0.2, -0.15) is 0 Å². The predicted octanol–water partition coefficient (Wildman–Crippen LogP) is 1.60. The normalized spacial score (nSPS) is 13.3. The molecule has 1 heterocycles. The summed E-state index contributed by atoms with van der Waals surface area (Å²) in [5.74, 6) is 0.0852. The molecule has 1 unspecified atom stereocenters. The average Bonchev–Trinajstić information content (AvgIpc) is 2.88. The SMILES string of the molecule is CC(CNS(=O)(=O)c1cc(CO)n(C)c1)c1ccccc1. The van der Waals surface area contributed by atoms with Gasteiger partial charge in [0.1, 0.15) is 0 Å². The molecule has 0 spiro atoms. The van der Waals surface area contributed by atoms with E-state index >= 15 is 0 Å². The number of sulfonamides is 1. The summed E-state index contributed by atoms with van der Waals surface area (Å²) in [5, 5.41) is 9.13. The van der Waals surface area contributed by atoms with E-state index in [2.05, 4.69) is 4.72 Å². The lowest BCUT2D eigenvalue weighted by atomic mass is 10.0. The van der Waals surface area contributed by atoms with Gasteiger partial charge in [-0.3, -0.25) is 0 Å². The van der Waals surface area contributed by atoms with E-state index in [-0.39, 0.29) is 17.4 Å². The summed E-state index contributed by atoms with van der Waals surface area (Å²) in [6, 6.07) is 11.2. The number of aliphatic hydroxyl groups is 1. The standard InChI is InChI=1S/C15H20N2O3S/c1-12(13-6-4-3-5-7-13)9-16-21(19,20)15-8-14(11-18)17(2)10-15/h3-8,10,12,16,18H,9,11H2,1-2H3. The van der Waals surface area contributed by atoms with Gasteiger partial charge in [0.2, 0.25) is 10.0 Å². The van der Waals surface area contributed by atoms with Crippen molar-refractivity contribution in [2.75, 3.05) is 6.54 Å². The molecule has 0 aliphatic heterocycles. The molecule has 0 saturated heterocycles. The fourth-order valence-corrected chi connectivity index (χ4v) is 3.32. The monoisotopic (exact) mass is 308 g/mol. The number of benzene rings is 1. The quantitative estimate of drug-likeness (QED) is 0.851. The third kappa shape index (κ3) is 3.72. The molecule has 2 N–H and O–H groups in total. The van der Waals surface area contributed by atoms with Crippen molar-refractivity contribution in [2.45, 2.75) is 24.3 Å². The van der Waals surface area contributed by atoms with Crippen LogP contribution < -0.4 is 4.72 Å². The highest BCUT2D eigenvalue weighted by molar-refractivity contribution is 7.89. The van der Waals surface area contributed by atoms with Gasteiger partial charge in [0.15, 0.2) is 0 Å². The van der Waals surface area contributed by atoms with E-state index in [9.17, 15) is 8.42 Å². The molecular formula is C15H20N2O3S. The van der Waals surface area contributed by atoms with E-state index in [4.69, 9.17) is 5.11 Å². The maximum Gasteiger partial charge on any atom is 0.242 e. The van der Waals surface area contributed by atoms with Crippen LogP contribution >= 0.6 is 0 Å². The molecule has 0 bridgehead atoms. The van der Waals surface area contributed by atoms with Crippen LogP contribution in [0, 0.1) is 0 Å². The van der Waals surface area contributed by atoms with Gasteiger partial charge < -0.3 is 9.67 Å². The number of aryl methyl sites for hydroxylation is 1. The largest absolute Gasteiger partial charge is 0.390 e. The van der Waals surface area contributed by atoms with Gasteiger partial charge in [-0.05, 0) is 17.5 Å². The van der Waals surface area contributed by atoms with Crippen LogP contribution in [0.4, 0.5) is 0 Å². The summed E-state index contributed by atoms with van der Waals surface area (Å²) >= 11 is 0. The van der Waals surface area contributed by atoms with Gasteiger partial charge in [-0.15, -0.1) is 0 Å². The molecule has 2 aromatic rings. The van der Waals surface area contributed by atoms with Crippen LogP contribution in [0.5, 0.6) is 0 Å². The molecule has 5 nitrogen and oxygen atoms in total. The summed E-state index contributed by atoms with van der Waals surface area (Å²) in [5.41, 5.74) is 1.65. The van der Waals surface area contributed by atoms with Crippen molar-refractivity contribution in [3.05, 3.63) is 53.9 Å². The third-order valence-electron chi connectivity index (χ3n) is 3.50. The van der Waals surface area contributed by atoms with Crippen molar-refractivity contribution in [3.63, 3.8) is 0 Å². The fourth-order valence-electron chi connectivity index (χ4n) is 2.10.